The van der Waals surface area contributed by atoms with Crippen molar-refractivity contribution in [1.29, 1.82) is 0 Å². The van der Waals surface area contributed by atoms with Crippen LogP contribution in [0.5, 0.6) is 0 Å². The van der Waals surface area contributed by atoms with Crippen LogP contribution in [0, 0.1) is 0 Å². The third-order valence-electron chi connectivity index (χ3n) is 3.51. The summed E-state index contributed by atoms with van der Waals surface area (Å²) < 4.78 is 5.15. The van der Waals surface area contributed by atoms with Crippen LogP contribution in [0.3, 0.4) is 0 Å². The zero-order valence-corrected chi connectivity index (χ0v) is 16.9. The summed E-state index contributed by atoms with van der Waals surface area (Å²) in [5, 5.41) is 7.78. The fourth-order valence-corrected chi connectivity index (χ4v) is 2.50. The Morgan fingerprint density at radius 1 is 1.29 bits per heavy atom. The molecule has 1 aromatic heterocycles. The number of rotatable bonds is 7. The highest BCUT2D eigenvalue weighted by Crippen LogP contribution is 2.16. The van der Waals surface area contributed by atoms with Crippen LogP contribution in [0.1, 0.15) is 19.4 Å². The monoisotopic (exact) mass is 442 g/mol. The third kappa shape index (κ3) is 6.24. The lowest BCUT2D eigenvalue weighted by atomic mass is 10.1. The highest BCUT2D eigenvalue weighted by atomic mass is 127. The van der Waals surface area contributed by atoms with Crippen LogP contribution in [0.15, 0.2) is 41.5 Å². The van der Waals surface area contributed by atoms with Crippen molar-refractivity contribution in [3.63, 3.8) is 0 Å². The molecule has 1 heterocycles. The number of methoxy groups -OCH3 is 1. The van der Waals surface area contributed by atoms with Gasteiger partial charge in [0.1, 0.15) is 0 Å². The molecule has 0 aliphatic carbocycles. The highest BCUT2D eigenvalue weighted by Gasteiger charge is 2.05. The number of para-hydroxylation sites is 1. The molecule has 0 aliphatic heterocycles. The van der Waals surface area contributed by atoms with E-state index >= 15 is 0 Å². The van der Waals surface area contributed by atoms with Gasteiger partial charge in [0.2, 0.25) is 0 Å². The van der Waals surface area contributed by atoms with E-state index in [1.54, 1.807) is 7.11 Å². The number of ether oxygens (including phenoxy) is 1. The van der Waals surface area contributed by atoms with E-state index in [0.29, 0.717) is 13.2 Å². The van der Waals surface area contributed by atoms with Gasteiger partial charge < -0.3 is 15.4 Å². The van der Waals surface area contributed by atoms with Gasteiger partial charge in [0, 0.05) is 37.8 Å². The van der Waals surface area contributed by atoms with Crippen LogP contribution in [0.2, 0.25) is 0 Å². The van der Waals surface area contributed by atoms with Gasteiger partial charge in [0.15, 0.2) is 5.96 Å². The van der Waals surface area contributed by atoms with Crippen molar-refractivity contribution in [1.82, 2.24) is 15.6 Å². The Balaban J connectivity index is 0.00000288. The average Bonchev–Trinajstić information content (AvgIpc) is 2.55. The molecular formula is C18H27IN4O. The number of nitrogens with one attached hydrogen (secondary N) is 2. The molecule has 0 aliphatic rings. The van der Waals surface area contributed by atoms with E-state index < -0.39 is 0 Å². The first-order valence-electron chi connectivity index (χ1n) is 8.11. The zero-order chi connectivity index (χ0) is 16.5. The van der Waals surface area contributed by atoms with Crippen LogP contribution >= 0.6 is 24.0 Å². The number of benzene rings is 1. The van der Waals surface area contributed by atoms with Gasteiger partial charge in [-0.3, -0.25) is 9.98 Å². The molecule has 5 nitrogen and oxygen atoms in total. The molecule has 24 heavy (non-hydrogen) atoms. The van der Waals surface area contributed by atoms with Gasteiger partial charge in [-0.2, -0.15) is 0 Å². The van der Waals surface area contributed by atoms with Gasteiger partial charge in [0.25, 0.3) is 0 Å². The summed E-state index contributed by atoms with van der Waals surface area (Å²) in [6.07, 6.45) is 2.71. The van der Waals surface area contributed by atoms with E-state index in [1.807, 2.05) is 12.3 Å². The first kappa shape index (κ1) is 20.6. The third-order valence-corrected chi connectivity index (χ3v) is 3.51. The SMILES string of the molecule is CCNC(=NCCc1cccc2cccnc12)NC(C)COC.I. The minimum absolute atomic E-state index is 0. The Hall–Kier alpha value is -1.41. The molecular weight excluding hydrogens is 415 g/mol. The van der Waals surface area contributed by atoms with Crippen LogP contribution in [0.4, 0.5) is 0 Å². The fraction of sp³-hybridized carbons (Fsp3) is 0.444. The van der Waals surface area contributed by atoms with Crippen LogP contribution in [-0.2, 0) is 11.2 Å². The normalized spacial score (nSPS) is 12.5. The summed E-state index contributed by atoms with van der Waals surface area (Å²) in [5.41, 5.74) is 2.29. The van der Waals surface area contributed by atoms with Gasteiger partial charge in [-0.25, -0.2) is 0 Å². The number of fused-ring (bicyclic) bond motifs is 1. The van der Waals surface area contributed by atoms with Crippen LogP contribution in [-0.4, -0.2) is 43.8 Å². The Morgan fingerprint density at radius 3 is 2.83 bits per heavy atom. The fourth-order valence-electron chi connectivity index (χ4n) is 2.50. The van der Waals surface area contributed by atoms with Crippen molar-refractivity contribution in [2.45, 2.75) is 26.3 Å². The number of aliphatic imine (C=N–C) groups is 1. The number of pyridine rings is 1. The van der Waals surface area contributed by atoms with Gasteiger partial charge >= 0.3 is 0 Å². The molecule has 2 N–H and O–H groups in total. The molecule has 1 aromatic carbocycles. The lowest BCUT2D eigenvalue weighted by Gasteiger charge is -2.17. The number of aromatic nitrogens is 1. The maximum atomic E-state index is 5.15. The maximum absolute atomic E-state index is 5.15. The van der Waals surface area contributed by atoms with Crippen molar-refractivity contribution < 1.29 is 4.74 Å². The summed E-state index contributed by atoms with van der Waals surface area (Å²) in [7, 11) is 1.70. The van der Waals surface area contributed by atoms with E-state index in [1.165, 1.54) is 10.9 Å². The lowest BCUT2D eigenvalue weighted by Crippen LogP contribution is -2.44. The second-order valence-electron chi connectivity index (χ2n) is 5.50. The molecule has 2 aromatic rings. The summed E-state index contributed by atoms with van der Waals surface area (Å²) in [4.78, 5) is 9.14. The summed E-state index contributed by atoms with van der Waals surface area (Å²) in [5.74, 6) is 0.824. The quantitative estimate of drug-likeness (QED) is 0.393. The van der Waals surface area contributed by atoms with Crippen molar-refractivity contribution >= 4 is 40.8 Å². The Morgan fingerprint density at radius 2 is 2.08 bits per heavy atom. The topological polar surface area (TPSA) is 58.5 Å². The first-order chi connectivity index (χ1) is 11.2. The molecule has 1 atom stereocenters. The molecule has 0 saturated heterocycles. The first-order valence-corrected chi connectivity index (χ1v) is 8.11. The number of guanidine groups is 1. The van der Waals surface area contributed by atoms with Crippen molar-refractivity contribution in [2.75, 3.05) is 26.8 Å². The molecule has 0 saturated carbocycles. The molecule has 1 unspecified atom stereocenters. The van der Waals surface area contributed by atoms with Crippen molar-refractivity contribution in [3.8, 4) is 0 Å². The largest absolute Gasteiger partial charge is 0.383 e. The molecule has 2 rings (SSSR count). The summed E-state index contributed by atoms with van der Waals surface area (Å²) >= 11 is 0. The average molecular weight is 442 g/mol. The molecule has 0 spiro atoms. The predicted molar refractivity (Wildman–Crippen MR) is 111 cm³/mol. The molecule has 0 radical (unpaired) electrons. The minimum atomic E-state index is 0. The molecule has 6 heteroatoms. The van der Waals surface area contributed by atoms with E-state index in [-0.39, 0.29) is 30.0 Å². The summed E-state index contributed by atoms with van der Waals surface area (Å²) in [6.45, 7) is 6.33. The maximum Gasteiger partial charge on any atom is 0.191 e. The smallest absolute Gasteiger partial charge is 0.191 e. The van der Waals surface area contributed by atoms with Gasteiger partial charge in [-0.05, 0) is 31.9 Å². The zero-order valence-electron chi connectivity index (χ0n) is 14.6. The number of halogens is 1. The standard InChI is InChI=1S/C18H26N4O.HI/c1-4-19-18(22-14(2)13-23-3)21-12-10-16-8-5-7-15-9-6-11-20-17(15)16;/h5-9,11,14H,4,10,12-13H2,1-3H3,(H2,19,21,22);1H. The highest BCUT2D eigenvalue weighted by molar-refractivity contribution is 14.0. The number of hydrogen-bond donors (Lipinski definition) is 2. The molecule has 0 bridgehead atoms. The van der Waals surface area contributed by atoms with Gasteiger partial charge in [0.05, 0.1) is 12.1 Å². The number of nitrogens with zero attached hydrogens (tertiary/aromatic N) is 2. The minimum Gasteiger partial charge on any atom is -0.383 e. The second kappa shape index (κ2) is 11.2. The second-order valence-corrected chi connectivity index (χ2v) is 5.50. The van der Waals surface area contributed by atoms with Gasteiger partial charge in [-0.15, -0.1) is 24.0 Å². The molecule has 0 amide bonds. The molecule has 0 fully saturated rings. The predicted octanol–water partition coefficient (Wildman–Crippen LogP) is 2.99. The van der Waals surface area contributed by atoms with Crippen LogP contribution < -0.4 is 10.6 Å². The number of hydrogen-bond acceptors (Lipinski definition) is 3. The van der Waals surface area contributed by atoms with E-state index in [0.717, 1.165) is 24.4 Å². The van der Waals surface area contributed by atoms with Gasteiger partial charge in [-0.1, -0.05) is 24.3 Å². The van der Waals surface area contributed by atoms with Crippen molar-refractivity contribution in [3.05, 3.63) is 42.1 Å². The lowest BCUT2D eigenvalue weighted by molar-refractivity contribution is 0.179. The molecule has 132 valence electrons. The van der Waals surface area contributed by atoms with E-state index in [2.05, 4.69) is 58.7 Å². The Labute approximate surface area is 161 Å². The Kier molecular flexibility index (Phi) is 9.63. The van der Waals surface area contributed by atoms with Crippen molar-refractivity contribution in [2.24, 2.45) is 4.99 Å². The van der Waals surface area contributed by atoms with Crippen LogP contribution in [0.25, 0.3) is 10.9 Å². The Bertz CT molecular complexity index is 642. The summed E-state index contributed by atoms with van der Waals surface area (Å²) in [6, 6.07) is 10.6. The van der Waals surface area contributed by atoms with E-state index in [4.69, 9.17) is 4.74 Å². The van der Waals surface area contributed by atoms with E-state index in [9.17, 15) is 0 Å².